The molecule has 0 aliphatic carbocycles. The SMILES string of the molecule is Cc1cc(Br)ccc1NCC1CCNCC1. The van der Waals surface area contributed by atoms with Crippen LogP contribution in [0.4, 0.5) is 5.69 Å². The molecule has 0 radical (unpaired) electrons. The highest BCUT2D eigenvalue weighted by Crippen LogP contribution is 2.21. The van der Waals surface area contributed by atoms with E-state index in [2.05, 4.69) is 51.7 Å². The third-order valence-electron chi connectivity index (χ3n) is 3.23. The Kier molecular flexibility index (Phi) is 4.24. The Morgan fingerprint density at radius 1 is 1.38 bits per heavy atom. The maximum absolute atomic E-state index is 3.56. The Morgan fingerprint density at radius 3 is 2.81 bits per heavy atom. The van der Waals surface area contributed by atoms with E-state index in [1.54, 1.807) is 0 Å². The number of rotatable bonds is 3. The maximum Gasteiger partial charge on any atom is 0.0370 e. The highest BCUT2D eigenvalue weighted by Gasteiger charge is 2.12. The van der Waals surface area contributed by atoms with E-state index in [1.165, 1.54) is 37.2 Å². The standard InChI is InChI=1S/C13H19BrN2/c1-10-8-12(14)2-3-13(10)16-9-11-4-6-15-7-5-11/h2-3,8,11,15-16H,4-7,9H2,1H3. The number of benzene rings is 1. The van der Waals surface area contributed by atoms with E-state index >= 15 is 0 Å². The predicted molar refractivity (Wildman–Crippen MR) is 73.0 cm³/mol. The van der Waals surface area contributed by atoms with E-state index < -0.39 is 0 Å². The zero-order valence-corrected chi connectivity index (χ0v) is 11.3. The van der Waals surface area contributed by atoms with Crippen molar-refractivity contribution in [1.29, 1.82) is 0 Å². The van der Waals surface area contributed by atoms with Crippen LogP contribution in [0.5, 0.6) is 0 Å². The summed E-state index contributed by atoms with van der Waals surface area (Å²) in [5, 5.41) is 6.96. The van der Waals surface area contributed by atoms with Crippen LogP contribution in [0, 0.1) is 12.8 Å². The fourth-order valence-electron chi connectivity index (χ4n) is 2.17. The van der Waals surface area contributed by atoms with Crippen LogP contribution in [-0.2, 0) is 0 Å². The zero-order chi connectivity index (χ0) is 11.4. The van der Waals surface area contributed by atoms with Gasteiger partial charge in [-0.25, -0.2) is 0 Å². The number of nitrogens with one attached hydrogen (secondary N) is 2. The molecule has 1 aromatic rings. The van der Waals surface area contributed by atoms with Gasteiger partial charge in [0.25, 0.3) is 0 Å². The van der Waals surface area contributed by atoms with Crippen LogP contribution in [0.1, 0.15) is 18.4 Å². The Bertz CT molecular complexity index is 346. The van der Waals surface area contributed by atoms with Crippen molar-refractivity contribution in [2.24, 2.45) is 5.92 Å². The molecule has 1 fully saturated rings. The Labute approximate surface area is 106 Å². The second-order valence-corrected chi connectivity index (χ2v) is 5.45. The number of hydrogen-bond acceptors (Lipinski definition) is 2. The van der Waals surface area contributed by atoms with Gasteiger partial charge in [-0.15, -0.1) is 0 Å². The van der Waals surface area contributed by atoms with E-state index in [1.807, 2.05) is 0 Å². The molecule has 0 atom stereocenters. The number of hydrogen-bond donors (Lipinski definition) is 2. The Morgan fingerprint density at radius 2 is 2.12 bits per heavy atom. The second-order valence-electron chi connectivity index (χ2n) is 4.53. The number of piperidine rings is 1. The quantitative estimate of drug-likeness (QED) is 0.890. The van der Waals surface area contributed by atoms with Crippen LogP contribution in [0.3, 0.4) is 0 Å². The van der Waals surface area contributed by atoms with Gasteiger partial charge in [0.2, 0.25) is 0 Å². The molecule has 0 aromatic heterocycles. The summed E-state index contributed by atoms with van der Waals surface area (Å²) < 4.78 is 1.15. The number of aryl methyl sites for hydroxylation is 1. The zero-order valence-electron chi connectivity index (χ0n) is 9.72. The van der Waals surface area contributed by atoms with Crippen molar-refractivity contribution in [2.75, 3.05) is 25.0 Å². The van der Waals surface area contributed by atoms with Gasteiger partial charge in [0.15, 0.2) is 0 Å². The minimum Gasteiger partial charge on any atom is -0.385 e. The summed E-state index contributed by atoms with van der Waals surface area (Å²) in [4.78, 5) is 0. The first-order valence-electron chi connectivity index (χ1n) is 5.96. The van der Waals surface area contributed by atoms with Crippen LogP contribution in [-0.4, -0.2) is 19.6 Å². The van der Waals surface area contributed by atoms with Gasteiger partial charge >= 0.3 is 0 Å². The van der Waals surface area contributed by atoms with Crippen molar-refractivity contribution in [3.05, 3.63) is 28.2 Å². The molecule has 2 N–H and O–H groups in total. The molecule has 1 heterocycles. The molecular weight excluding hydrogens is 264 g/mol. The lowest BCUT2D eigenvalue weighted by Crippen LogP contribution is -2.31. The third kappa shape index (κ3) is 3.22. The minimum atomic E-state index is 0.823. The lowest BCUT2D eigenvalue weighted by Gasteiger charge is -2.23. The molecule has 0 spiro atoms. The van der Waals surface area contributed by atoms with Crippen molar-refractivity contribution >= 4 is 21.6 Å². The summed E-state index contributed by atoms with van der Waals surface area (Å²) in [7, 11) is 0. The van der Waals surface area contributed by atoms with Crippen molar-refractivity contribution in [3.63, 3.8) is 0 Å². The van der Waals surface area contributed by atoms with Crippen molar-refractivity contribution in [3.8, 4) is 0 Å². The second kappa shape index (κ2) is 5.69. The number of halogens is 1. The lowest BCUT2D eigenvalue weighted by atomic mass is 9.98. The molecule has 1 aromatic carbocycles. The molecule has 0 unspecified atom stereocenters. The summed E-state index contributed by atoms with van der Waals surface area (Å²) in [5.41, 5.74) is 2.57. The largest absolute Gasteiger partial charge is 0.385 e. The monoisotopic (exact) mass is 282 g/mol. The molecule has 0 bridgehead atoms. The van der Waals surface area contributed by atoms with Gasteiger partial charge in [0.1, 0.15) is 0 Å². The summed E-state index contributed by atoms with van der Waals surface area (Å²) in [6, 6.07) is 6.41. The first kappa shape index (κ1) is 11.9. The first-order chi connectivity index (χ1) is 7.75. The average Bonchev–Trinajstić information content (AvgIpc) is 2.29. The highest BCUT2D eigenvalue weighted by molar-refractivity contribution is 9.10. The van der Waals surface area contributed by atoms with E-state index in [4.69, 9.17) is 0 Å². The highest BCUT2D eigenvalue weighted by atomic mass is 79.9. The van der Waals surface area contributed by atoms with Crippen LogP contribution >= 0.6 is 15.9 Å². The smallest absolute Gasteiger partial charge is 0.0370 e. The minimum absolute atomic E-state index is 0.823. The predicted octanol–water partition coefficient (Wildman–Crippen LogP) is 3.17. The van der Waals surface area contributed by atoms with Crippen molar-refractivity contribution in [1.82, 2.24) is 5.32 Å². The van der Waals surface area contributed by atoms with Crippen LogP contribution < -0.4 is 10.6 Å². The van der Waals surface area contributed by atoms with Gasteiger partial charge in [0, 0.05) is 16.7 Å². The summed E-state index contributed by atoms with van der Waals surface area (Å²) in [6.45, 7) is 5.59. The molecule has 0 saturated carbocycles. The summed E-state index contributed by atoms with van der Waals surface area (Å²) in [5.74, 6) is 0.823. The van der Waals surface area contributed by atoms with Crippen LogP contribution in [0.25, 0.3) is 0 Å². The summed E-state index contributed by atoms with van der Waals surface area (Å²) >= 11 is 3.49. The van der Waals surface area contributed by atoms with E-state index in [-0.39, 0.29) is 0 Å². The molecule has 1 saturated heterocycles. The van der Waals surface area contributed by atoms with Gasteiger partial charge in [-0.1, -0.05) is 15.9 Å². The Balaban J connectivity index is 1.88. The van der Waals surface area contributed by atoms with E-state index in [0.717, 1.165) is 16.9 Å². The van der Waals surface area contributed by atoms with E-state index in [0.29, 0.717) is 0 Å². The molecule has 16 heavy (non-hydrogen) atoms. The van der Waals surface area contributed by atoms with Crippen molar-refractivity contribution < 1.29 is 0 Å². The van der Waals surface area contributed by atoms with Crippen LogP contribution in [0.2, 0.25) is 0 Å². The Hall–Kier alpha value is -0.540. The lowest BCUT2D eigenvalue weighted by molar-refractivity contribution is 0.390. The molecule has 2 nitrogen and oxygen atoms in total. The summed E-state index contributed by atoms with van der Waals surface area (Å²) in [6.07, 6.45) is 2.59. The topological polar surface area (TPSA) is 24.1 Å². The molecule has 2 rings (SSSR count). The molecule has 88 valence electrons. The molecule has 3 heteroatoms. The van der Waals surface area contributed by atoms with Crippen LogP contribution in [0.15, 0.2) is 22.7 Å². The molecule has 0 amide bonds. The van der Waals surface area contributed by atoms with Gasteiger partial charge in [-0.3, -0.25) is 0 Å². The van der Waals surface area contributed by atoms with Gasteiger partial charge in [-0.05, 0) is 62.5 Å². The molecule has 1 aliphatic rings. The first-order valence-corrected chi connectivity index (χ1v) is 6.76. The fourth-order valence-corrected chi connectivity index (χ4v) is 2.64. The van der Waals surface area contributed by atoms with Gasteiger partial charge in [-0.2, -0.15) is 0 Å². The van der Waals surface area contributed by atoms with Gasteiger partial charge < -0.3 is 10.6 Å². The third-order valence-corrected chi connectivity index (χ3v) is 3.72. The number of anilines is 1. The maximum atomic E-state index is 3.56. The van der Waals surface area contributed by atoms with Gasteiger partial charge in [0.05, 0.1) is 0 Å². The normalized spacial score (nSPS) is 17.4. The van der Waals surface area contributed by atoms with Crippen molar-refractivity contribution in [2.45, 2.75) is 19.8 Å². The molecule has 1 aliphatic heterocycles. The average molecular weight is 283 g/mol. The fraction of sp³-hybridized carbons (Fsp3) is 0.538. The molecular formula is C13H19BrN2. The van der Waals surface area contributed by atoms with E-state index in [9.17, 15) is 0 Å².